The van der Waals surface area contributed by atoms with Crippen LogP contribution >= 0.6 is 11.3 Å². The minimum Gasteiger partial charge on any atom is -0.477 e. The Hall–Kier alpha value is -2.00. The number of carboxylic acids is 1. The average Bonchev–Trinajstić information content (AvgIpc) is 3.50. The second-order valence-electron chi connectivity index (χ2n) is 10.9. The van der Waals surface area contributed by atoms with Gasteiger partial charge in [0.1, 0.15) is 4.88 Å². The number of nitrogens with zero attached hydrogens (tertiary/aromatic N) is 1. The first-order valence-electron chi connectivity index (χ1n) is 13.0. The molecule has 2 aliphatic carbocycles. The third kappa shape index (κ3) is 5.93. The van der Waals surface area contributed by atoms with Gasteiger partial charge in [0, 0.05) is 23.4 Å². The van der Waals surface area contributed by atoms with Gasteiger partial charge in [-0.05, 0) is 76.4 Å². The third-order valence-corrected chi connectivity index (χ3v) is 9.19. The fraction of sp³-hybridized carbons (Fsp3) is 0.643. The number of hydrogen-bond donors (Lipinski definition) is 2. The van der Waals surface area contributed by atoms with Crippen LogP contribution in [0.1, 0.15) is 80.3 Å². The molecule has 1 aromatic rings. The van der Waals surface area contributed by atoms with Gasteiger partial charge in [-0.25, -0.2) is 4.79 Å². The SMILES string of the molecule is C=C(C)c1cc(N(C(=O)[C@H]2CC=C(C)C[C@@H]2C)C2CCC(O)(CO[C@@H]3CCOC3)CC2)c(C(=O)O)s1. The van der Waals surface area contributed by atoms with Gasteiger partial charge in [-0.3, -0.25) is 4.79 Å². The highest BCUT2D eigenvalue weighted by molar-refractivity contribution is 7.15. The van der Waals surface area contributed by atoms with Crippen molar-refractivity contribution in [3.8, 4) is 0 Å². The van der Waals surface area contributed by atoms with Crippen molar-refractivity contribution in [1.29, 1.82) is 0 Å². The van der Waals surface area contributed by atoms with Gasteiger partial charge in [-0.1, -0.05) is 25.2 Å². The lowest BCUT2D eigenvalue weighted by molar-refractivity contribution is -0.125. The Bertz CT molecular complexity index is 1020. The van der Waals surface area contributed by atoms with Crippen molar-refractivity contribution in [3.05, 3.63) is 34.0 Å². The van der Waals surface area contributed by atoms with Crippen molar-refractivity contribution >= 4 is 34.5 Å². The van der Waals surface area contributed by atoms with E-state index in [4.69, 9.17) is 9.47 Å². The molecule has 1 saturated carbocycles. The van der Waals surface area contributed by atoms with E-state index in [0.717, 1.165) is 23.3 Å². The molecule has 1 saturated heterocycles. The van der Waals surface area contributed by atoms with E-state index in [9.17, 15) is 19.8 Å². The molecular weight excluding hydrogens is 478 g/mol. The lowest BCUT2D eigenvalue weighted by Gasteiger charge is -2.42. The number of amides is 1. The number of allylic oxidation sites excluding steroid dienone is 3. The molecule has 0 aromatic carbocycles. The summed E-state index contributed by atoms with van der Waals surface area (Å²) in [5.74, 6) is -1.07. The summed E-state index contributed by atoms with van der Waals surface area (Å²) in [5, 5.41) is 21.2. The summed E-state index contributed by atoms with van der Waals surface area (Å²) in [4.78, 5) is 29.0. The standard InChI is InChI=1S/C28H39NO6S/c1-17(2)24-14-23(25(36-24)27(31)32)29(26(30)22-6-5-18(3)13-19(22)4)20-7-10-28(33,11-8-20)16-35-21-9-12-34-15-21/h5,14,19-22,33H,1,6-13,15-16H2,2-4H3,(H,31,32)/t19-,20?,21+,22-,28?/m0/s1. The maximum absolute atomic E-state index is 14.1. The molecule has 2 fully saturated rings. The highest BCUT2D eigenvalue weighted by Crippen LogP contribution is 2.42. The van der Waals surface area contributed by atoms with E-state index in [1.165, 1.54) is 16.9 Å². The zero-order valence-electron chi connectivity index (χ0n) is 21.6. The number of carbonyl (C=O) groups is 2. The Morgan fingerprint density at radius 3 is 2.61 bits per heavy atom. The molecule has 0 spiro atoms. The molecule has 2 N–H and O–H groups in total. The molecule has 1 aliphatic heterocycles. The first-order chi connectivity index (χ1) is 17.1. The Balaban J connectivity index is 1.59. The fourth-order valence-corrected chi connectivity index (χ4v) is 6.61. The van der Waals surface area contributed by atoms with E-state index >= 15 is 0 Å². The summed E-state index contributed by atoms with van der Waals surface area (Å²) < 4.78 is 11.3. The molecule has 7 nitrogen and oxygen atoms in total. The summed E-state index contributed by atoms with van der Waals surface area (Å²) in [5.41, 5.74) is 1.58. The molecule has 4 rings (SSSR count). The monoisotopic (exact) mass is 517 g/mol. The van der Waals surface area contributed by atoms with Crippen molar-refractivity contribution in [2.45, 2.75) is 83.5 Å². The zero-order valence-corrected chi connectivity index (χ0v) is 22.4. The largest absolute Gasteiger partial charge is 0.477 e. The number of thiophene rings is 1. The van der Waals surface area contributed by atoms with Gasteiger partial charge >= 0.3 is 5.97 Å². The fourth-order valence-electron chi connectivity index (χ4n) is 5.70. The average molecular weight is 518 g/mol. The maximum atomic E-state index is 14.1. The number of anilines is 1. The normalized spacial score (nSPS) is 30.6. The molecule has 3 aliphatic rings. The van der Waals surface area contributed by atoms with Crippen LogP contribution in [0.4, 0.5) is 5.69 Å². The molecule has 36 heavy (non-hydrogen) atoms. The smallest absolute Gasteiger partial charge is 0.348 e. The van der Waals surface area contributed by atoms with Crippen LogP contribution in [0.5, 0.6) is 0 Å². The van der Waals surface area contributed by atoms with Crippen molar-refractivity contribution in [2.75, 3.05) is 24.7 Å². The number of ether oxygens (including phenoxy) is 2. The van der Waals surface area contributed by atoms with Gasteiger partial charge in [0.05, 0.1) is 30.6 Å². The zero-order chi connectivity index (χ0) is 26.0. The van der Waals surface area contributed by atoms with E-state index in [1.807, 2.05) is 13.0 Å². The Kier molecular flexibility index (Phi) is 8.39. The molecule has 198 valence electrons. The molecule has 0 unspecified atom stereocenters. The minimum absolute atomic E-state index is 0.0189. The molecular formula is C28H39NO6S. The van der Waals surface area contributed by atoms with Crippen molar-refractivity contribution < 1.29 is 29.3 Å². The maximum Gasteiger partial charge on any atom is 0.348 e. The number of hydrogen-bond acceptors (Lipinski definition) is 6. The topological polar surface area (TPSA) is 96.3 Å². The van der Waals surface area contributed by atoms with Crippen LogP contribution in [-0.4, -0.2) is 59.7 Å². The van der Waals surface area contributed by atoms with E-state index in [1.54, 1.807) is 4.90 Å². The van der Waals surface area contributed by atoms with Crippen molar-refractivity contribution in [3.63, 3.8) is 0 Å². The molecule has 0 bridgehead atoms. The van der Waals surface area contributed by atoms with Gasteiger partial charge < -0.3 is 24.6 Å². The van der Waals surface area contributed by atoms with Crippen LogP contribution < -0.4 is 4.90 Å². The summed E-state index contributed by atoms with van der Waals surface area (Å²) in [6.07, 6.45) is 6.69. The summed E-state index contributed by atoms with van der Waals surface area (Å²) >= 11 is 1.17. The second kappa shape index (κ2) is 11.2. The molecule has 1 amide bonds. The van der Waals surface area contributed by atoms with Gasteiger partial charge in [-0.15, -0.1) is 11.3 Å². The number of carboxylic acid groups (broad SMARTS) is 1. The Morgan fingerprint density at radius 1 is 1.31 bits per heavy atom. The number of rotatable bonds is 8. The first kappa shape index (κ1) is 27.0. The highest BCUT2D eigenvalue weighted by Gasteiger charge is 2.42. The summed E-state index contributed by atoms with van der Waals surface area (Å²) in [6, 6.07) is 1.63. The summed E-state index contributed by atoms with van der Waals surface area (Å²) in [7, 11) is 0. The third-order valence-electron chi connectivity index (χ3n) is 7.92. The lowest BCUT2D eigenvalue weighted by atomic mass is 9.78. The Labute approximate surface area is 217 Å². The lowest BCUT2D eigenvalue weighted by Crippen LogP contribution is -2.51. The highest BCUT2D eigenvalue weighted by atomic mass is 32.1. The summed E-state index contributed by atoms with van der Waals surface area (Å²) in [6.45, 7) is 11.5. The molecule has 8 heteroatoms. The minimum atomic E-state index is -1.03. The first-order valence-corrected chi connectivity index (χ1v) is 13.8. The predicted molar refractivity (Wildman–Crippen MR) is 141 cm³/mol. The predicted octanol–water partition coefficient (Wildman–Crippen LogP) is 5.28. The van der Waals surface area contributed by atoms with Gasteiger partial charge in [0.25, 0.3) is 0 Å². The van der Waals surface area contributed by atoms with Gasteiger partial charge in [0.15, 0.2) is 0 Å². The van der Waals surface area contributed by atoms with Crippen LogP contribution in [0.3, 0.4) is 0 Å². The molecule has 3 atom stereocenters. The van der Waals surface area contributed by atoms with E-state index < -0.39 is 11.6 Å². The van der Waals surface area contributed by atoms with Gasteiger partial charge in [0.2, 0.25) is 5.91 Å². The molecule has 2 heterocycles. The van der Waals surface area contributed by atoms with Crippen LogP contribution in [0.2, 0.25) is 0 Å². The van der Waals surface area contributed by atoms with Crippen molar-refractivity contribution in [2.24, 2.45) is 11.8 Å². The number of aromatic carboxylic acids is 1. The molecule has 0 radical (unpaired) electrons. The van der Waals surface area contributed by atoms with Crippen LogP contribution in [0, 0.1) is 11.8 Å². The van der Waals surface area contributed by atoms with Crippen LogP contribution in [-0.2, 0) is 14.3 Å². The van der Waals surface area contributed by atoms with E-state index in [-0.39, 0.29) is 41.4 Å². The van der Waals surface area contributed by atoms with Gasteiger partial charge in [-0.2, -0.15) is 0 Å². The number of aliphatic hydroxyl groups is 1. The molecule has 1 aromatic heterocycles. The Morgan fingerprint density at radius 2 is 2.03 bits per heavy atom. The quantitative estimate of drug-likeness (QED) is 0.455. The van der Waals surface area contributed by atoms with Crippen LogP contribution in [0.15, 0.2) is 24.3 Å². The van der Waals surface area contributed by atoms with E-state index in [2.05, 4.69) is 26.5 Å². The van der Waals surface area contributed by atoms with E-state index in [0.29, 0.717) is 51.0 Å². The number of carbonyl (C=O) groups excluding carboxylic acids is 1. The van der Waals surface area contributed by atoms with Crippen molar-refractivity contribution in [1.82, 2.24) is 0 Å². The second-order valence-corrected chi connectivity index (χ2v) is 12.0. The van der Waals surface area contributed by atoms with Crippen LogP contribution in [0.25, 0.3) is 5.57 Å².